The number of methoxy groups -OCH3 is 1. The van der Waals surface area contributed by atoms with Gasteiger partial charge in [-0.05, 0) is 37.5 Å². The fraction of sp³-hybridized carbons (Fsp3) is 0.588. The van der Waals surface area contributed by atoms with Gasteiger partial charge >= 0.3 is 0 Å². The number of nitrogens with one attached hydrogen (secondary N) is 1. The van der Waals surface area contributed by atoms with Gasteiger partial charge in [0.15, 0.2) is 5.96 Å². The van der Waals surface area contributed by atoms with Gasteiger partial charge in [0.1, 0.15) is 0 Å². The number of hydrogen-bond donors (Lipinski definition) is 2. The lowest BCUT2D eigenvalue weighted by Crippen LogP contribution is -2.40. The lowest BCUT2D eigenvalue weighted by Gasteiger charge is -2.25. The van der Waals surface area contributed by atoms with Crippen LogP contribution >= 0.6 is 24.0 Å². The van der Waals surface area contributed by atoms with E-state index in [1.54, 1.807) is 35.7 Å². The van der Waals surface area contributed by atoms with E-state index in [0.29, 0.717) is 37.1 Å². The molecule has 1 aromatic carbocycles. The van der Waals surface area contributed by atoms with Crippen molar-refractivity contribution >= 4 is 40.0 Å². The fourth-order valence-corrected chi connectivity index (χ4v) is 4.30. The monoisotopic (exact) mass is 496 g/mol. The highest BCUT2D eigenvalue weighted by Crippen LogP contribution is 2.20. The van der Waals surface area contributed by atoms with Gasteiger partial charge in [-0.15, -0.1) is 24.0 Å². The zero-order chi connectivity index (χ0) is 18.3. The Balaban J connectivity index is 0.00000338. The summed E-state index contributed by atoms with van der Waals surface area (Å²) in [5, 5.41) is 3.03. The first-order valence-electron chi connectivity index (χ1n) is 8.58. The predicted molar refractivity (Wildman–Crippen MR) is 114 cm³/mol. The van der Waals surface area contributed by atoms with Crippen LogP contribution in [0.25, 0.3) is 0 Å². The lowest BCUT2D eigenvalue weighted by molar-refractivity contribution is 0.179. The summed E-state index contributed by atoms with van der Waals surface area (Å²) in [6.45, 7) is 4.10. The smallest absolute Gasteiger partial charge is 0.243 e. The zero-order valence-corrected chi connectivity index (χ0v) is 18.5. The molecule has 0 aromatic heterocycles. The summed E-state index contributed by atoms with van der Waals surface area (Å²) >= 11 is 0. The number of guanidine groups is 1. The third-order valence-corrected chi connectivity index (χ3v) is 6.03. The molecule has 0 bridgehead atoms. The molecular formula is C17H29IN4O3S. The molecule has 1 heterocycles. The van der Waals surface area contributed by atoms with E-state index < -0.39 is 10.0 Å². The van der Waals surface area contributed by atoms with Crippen LogP contribution in [0.4, 0.5) is 0 Å². The Labute approximate surface area is 173 Å². The third-order valence-electron chi connectivity index (χ3n) is 4.12. The van der Waals surface area contributed by atoms with Crippen molar-refractivity contribution in [1.29, 1.82) is 0 Å². The number of nitrogens with zero attached hydrogens (tertiary/aromatic N) is 2. The van der Waals surface area contributed by atoms with Gasteiger partial charge in [0.2, 0.25) is 10.0 Å². The molecule has 26 heavy (non-hydrogen) atoms. The molecule has 1 aliphatic heterocycles. The molecule has 0 saturated carbocycles. The van der Waals surface area contributed by atoms with E-state index in [1.807, 2.05) is 6.92 Å². The standard InChI is InChI=1S/C17H28N4O3S.HI/c1-14(13-24-2)20-17(18)19-12-15-6-8-16(9-7-15)25(22,23)21-10-4-3-5-11-21;/h6-9,14H,3-5,10-13H2,1-2H3,(H3,18,19,20);1H. The SMILES string of the molecule is COCC(C)NC(N)=NCc1ccc(S(=O)(=O)N2CCCCC2)cc1.I. The van der Waals surface area contributed by atoms with Gasteiger partial charge in [-0.25, -0.2) is 13.4 Å². The van der Waals surface area contributed by atoms with Crippen LogP contribution in [-0.2, 0) is 21.3 Å². The molecule has 1 unspecified atom stereocenters. The first kappa shape index (κ1) is 23.1. The van der Waals surface area contributed by atoms with Crippen molar-refractivity contribution < 1.29 is 13.2 Å². The van der Waals surface area contributed by atoms with Gasteiger partial charge in [-0.2, -0.15) is 4.31 Å². The van der Waals surface area contributed by atoms with Crippen LogP contribution < -0.4 is 11.1 Å². The van der Waals surface area contributed by atoms with Gasteiger partial charge < -0.3 is 15.8 Å². The molecule has 148 valence electrons. The Morgan fingerprint density at radius 3 is 2.46 bits per heavy atom. The Bertz CT molecular complexity index is 674. The van der Waals surface area contributed by atoms with Crippen LogP contribution in [0.5, 0.6) is 0 Å². The maximum atomic E-state index is 12.6. The van der Waals surface area contributed by atoms with Gasteiger partial charge in [-0.3, -0.25) is 0 Å². The third kappa shape index (κ3) is 6.67. The first-order chi connectivity index (χ1) is 11.9. The van der Waals surface area contributed by atoms with Crippen molar-refractivity contribution in [2.75, 3.05) is 26.8 Å². The van der Waals surface area contributed by atoms with E-state index in [-0.39, 0.29) is 30.0 Å². The molecule has 7 nitrogen and oxygen atoms in total. The molecule has 0 radical (unpaired) electrons. The van der Waals surface area contributed by atoms with Gasteiger partial charge in [0.05, 0.1) is 18.0 Å². The highest BCUT2D eigenvalue weighted by Gasteiger charge is 2.25. The summed E-state index contributed by atoms with van der Waals surface area (Å²) in [6.07, 6.45) is 2.96. The zero-order valence-electron chi connectivity index (χ0n) is 15.3. The number of piperidine rings is 1. The molecule has 0 aliphatic carbocycles. The maximum Gasteiger partial charge on any atom is 0.243 e. The lowest BCUT2D eigenvalue weighted by atomic mass is 10.2. The van der Waals surface area contributed by atoms with E-state index in [2.05, 4.69) is 10.3 Å². The van der Waals surface area contributed by atoms with Crippen LogP contribution in [0.15, 0.2) is 34.2 Å². The minimum atomic E-state index is -3.39. The number of halogens is 1. The number of hydrogen-bond acceptors (Lipinski definition) is 4. The number of aliphatic imine (C=N–C) groups is 1. The van der Waals surface area contributed by atoms with Crippen molar-refractivity contribution in [2.45, 2.75) is 43.7 Å². The van der Waals surface area contributed by atoms with Crippen LogP contribution in [0.3, 0.4) is 0 Å². The second-order valence-electron chi connectivity index (χ2n) is 6.31. The summed E-state index contributed by atoms with van der Waals surface area (Å²) in [5.41, 5.74) is 6.73. The Kier molecular flexibility index (Phi) is 9.83. The summed E-state index contributed by atoms with van der Waals surface area (Å²) in [6, 6.07) is 6.93. The number of sulfonamides is 1. The number of rotatable bonds is 7. The van der Waals surface area contributed by atoms with E-state index >= 15 is 0 Å². The second kappa shape index (κ2) is 11.1. The summed E-state index contributed by atoms with van der Waals surface area (Å²) in [5.74, 6) is 0.342. The molecule has 1 saturated heterocycles. The van der Waals surface area contributed by atoms with E-state index in [1.165, 1.54) is 0 Å². The molecule has 1 fully saturated rings. The molecule has 2 rings (SSSR count). The molecule has 1 aliphatic rings. The Morgan fingerprint density at radius 2 is 1.88 bits per heavy atom. The highest BCUT2D eigenvalue weighted by molar-refractivity contribution is 14.0. The minimum Gasteiger partial charge on any atom is -0.383 e. The van der Waals surface area contributed by atoms with E-state index in [0.717, 1.165) is 24.8 Å². The molecule has 0 amide bonds. The second-order valence-corrected chi connectivity index (χ2v) is 8.25. The number of nitrogens with two attached hydrogens (primary N) is 1. The topological polar surface area (TPSA) is 97.0 Å². The average molecular weight is 496 g/mol. The van der Waals surface area contributed by atoms with Crippen LogP contribution in [0.2, 0.25) is 0 Å². The number of benzene rings is 1. The van der Waals surface area contributed by atoms with E-state index in [4.69, 9.17) is 10.5 Å². The molecule has 3 N–H and O–H groups in total. The molecule has 1 aromatic rings. The highest BCUT2D eigenvalue weighted by atomic mass is 127. The average Bonchev–Trinajstić information content (AvgIpc) is 2.61. The van der Waals surface area contributed by atoms with Gasteiger partial charge in [-0.1, -0.05) is 18.6 Å². The predicted octanol–water partition coefficient (Wildman–Crippen LogP) is 1.92. The first-order valence-corrected chi connectivity index (χ1v) is 10.0. The van der Waals surface area contributed by atoms with Gasteiger partial charge in [0.25, 0.3) is 0 Å². The largest absolute Gasteiger partial charge is 0.383 e. The summed E-state index contributed by atoms with van der Waals surface area (Å²) < 4.78 is 31.8. The summed E-state index contributed by atoms with van der Waals surface area (Å²) in [4.78, 5) is 4.60. The Morgan fingerprint density at radius 1 is 1.27 bits per heavy atom. The normalized spacial score (nSPS) is 17.4. The van der Waals surface area contributed by atoms with Crippen molar-refractivity contribution in [1.82, 2.24) is 9.62 Å². The Hall–Kier alpha value is -0.910. The fourth-order valence-electron chi connectivity index (χ4n) is 2.79. The molecule has 1 atom stereocenters. The van der Waals surface area contributed by atoms with Crippen molar-refractivity contribution in [3.8, 4) is 0 Å². The van der Waals surface area contributed by atoms with Crippen molar-refractivity contribution in [2.24, 2.45) is 10.7 Å². The van der Waals surface area contributed by atoms with Crippen molar-refractivity contribution in [3.63, 3.8) is 0 Å². The number of ether oxygens (including phenoxy) is 1. The minimum absolute atomic E-state index is 0. The van der Waals surface area contributed by atoms with Crippen LogP contribution in [-0.4, -0.2) is 51.5 Å². The van der Waals surface area contributed by atoms with Gasteiger partial charge in [0, 0.05) is 26.2 Å². The molecule has 9 heteroatoms. The van der Waals surface area contributed by atoms with E-state index in [9.17, 15) is 8.42 Å². The van der Waals surface area contributed by atoms with Crippen LogP contribution in [0, 0.1) is 0 Å². The van der Waals surface area contributed by atoms with Crippen LogP contribution in [0.1, 0.15) is 31.7 Å². The quantitative estimate of drug-likeness (QED) is 0.342. The summed E-state index contributed by atoms with van der Waals surface area (Å²) in [7, 11) is -1.76. The molecule has 0 spiro atoms. The maximum absolute atomic E-state index is 12.6. The molecular weight excluding hydrogens is 467 g/mol. The van der Waals surface area contributed by atoms with Crippen molar-refractivity contribution in [3.05, 3.63) is 29.8 Å².